The molecule has 0 radical (unpaired) electrons. The number of nitrogens with zero attached hydrogens (tertiary/aromatic N) is 1. The monoisotopic (exact) mass is 276 g/mol. The lowest BCUT2D eigenvalue weighted by atomic mass is 10.0. The summed E-state index contributed by atoms with van der Waals surface area (Å²) in [5, 5.41) is 0. The molecule has 0 aromatic carbocycles. The molecule has 2 heterocycles. The highest BCUT2D eigenvalue weighted by Crippen LogP contribution is 2.25. The number of piperidine rings is 1. The Kier molecular flexibility index (Phi) is 5.00. The van der Waals surface area contributed by atoms with Crippen molar-refractivity contribution in [2.45, 2.75) is 50.7 Å². The van der Waals surface area contributed by atoms with E-state index in [9.17, 15) is 8.42 Å². The topological polar surface area (TPSA) is 72.6 Å². The predicted octanol–water partition coefficient (Wildman–Crippen LogP) is 0.699. The molecule has 2 fully saturated rings. The first kappa shape index (κ1) is 14.2. The Labute approximate surface area is 110 Å². The van der Waals surface area contributed by atoms with Crippen LogP contribution in [0.15, 0.2) is 0 Å². The Bertz CT molecular complexity index is 350. The van der Waals surface area contributed by atoms with Gasteiger partial charge in [-0.15, -0.1) is 0 Å². The molecule has 18 heavy (non-hydrogen) atoms. The Balaban J connectivity index is 2.01. The van der Waals surface area contributed by atoms with Crippen LogP contribution in [0.3, 0.4) is 0 Å². The van der Waals surface area contributed by atoms with Gasteiger partial charge in [-0.2, -0.15) is 4.31 Å². The van der Waals surface area contributed by atoms with Crippen molar-refractivity contribution in [1.82, 2.24) is 4.31 Å². The third-order valence-corrected chi connectivity index (χ3v) is 5.84. The van der Waals surface area contributed by atoms with Crippen LogP contribution < -0.4 is 5.73 Å². The largest absolute Gasteiger partial charge is 0.377 e. The van der Waals surface area contributed by atoms with Crippen molar-refractivity contribution in [2.75, 3.05) is 25.4 Å². The van der Waals surface area contributed by atoms with Gasteiger partial charge < -0.3 is 10.5 Å². The minimum atomic E-state index is -3.19. The van der Waals surface area contributed by atoms with Crippen molar-refractivity contribution < 1.29 is 13.2 Å². The van der Waals surface area contributed by atoms with Gasteiger partial charge in [-0.05, 0) is 38.6 Å². The Hall–Kier alpha value is -0.170. The lowest BCUT2D eigenvalue weighted by Gasteiger charge is -2.35. The van der Waals surface area contributed by atoms with Crippen LogP contribution in [0.25, 0.3) is 0 Å². The third-order valence-electron chi connectivity index (χ3n) is 3.85. The van der Waals surface area contributed by atoms with Crippen molar-refractivity contribution in [2.24, 2.45) is 5.73 Å². The molecule has 0 aromatic heterocycles. The zero-order chi connectivity index (χ0) is 13.0. The van der Waals surface area contributed by atoms with Crippen LogP contribution in [0.2, 0.25) is 0 Å². The maximum Gasteiger partial charge on any atom is 0.216 e. The molecule has 0 amide bonds. The van der Waals surface area contributed by atoms with Crippen LogP contribution in [0, 0.1) is 0 Å². The van der Waals surface area contributed by atoms with Gasteiger partial charge in [-0.1, -0.05) is 6.42 Å². The third kappa shape index (κ3) is 3.44. The first-order valence-electron chi connectivity index (χ1n) is 6.94. The molecular formula is C12H24N2O3S. The van der Waals surface area contributed by atoms with Crippen molar-refractivity contribution in [3.8, 4) is 0 Å². The van der Waals surface area contributed by atoms with Crippen LogP contribution in [-0.4, -0.2) is 50.3 Å². The molecule has 106 valence electrons. The second-order valence-corrected chi connectivity index (χ2v) is 7.22. The van der Waals surface area contributed by atoms with E-state index in [1.54, 1.807) is 4.31 Å². The van der Waals surface area contributed by atoms with E-state index in [1.807, 2.05) is 0 Å². The Morgan fingerprint density at radius 2 is 2.06 bits per heavy atom. The van der Waals surface area contributed by atoms with Crippen molar-refractivity contribution >= 4 is 10.0 Å². The number of nitrogens with two attached hydrogens (primary N) is 1. The van der Waals surface area contributed by atoms with Crippen molar-refractivity contribution in [1.29, 1.82) is 0 Å². The quantitative estimate of drug-likeness (QED) is 0.802. The molecule has 0 saturated carbocycles. The van der Waals surface area contributed by atoms with E-state index in [4.69, 9.17) is 10.5 Å². The van der Waals surface area contributed by atoms with Crippen molar-refractivity contribution in [3.05, 3.63) is 0 Å². The fourth-order valence-electron chi connectivity index (χ4n) is 2.93. The van der Waals surface area contributed by atoms with Crippen LogP contribution >= 0.6 is 0 Å². The predicted molar refractivity (Wildman–Crippen MR) is 70.8 cm³/mol. The van der Waals surface area contributed by atoms with Gasteiger partial charge >= 0.3 is 0 Å². The van der Waals surface area contributed by atoms with Gasteiger partial charge in [0.1, 0.15) is 0 Å². The second-order valence-electron chi connectivity index (χ2n) is 5.25. The number of hydrogen-bond acceptors (Lipinski definition) is 4. The summed E-state index contributed by atoms with van der Waals surface area (Å²) >= 11 is 0. The highest BCUT2D eigenvalue weighted by molar-refractivity contribution is 7.89. The molecule has 2 N–H and O–H groups in total. The zero-order valence-electron chi connectivity index (χ0n) is 10.9. The van der Waals surface area contributed by atoms with E-state index in [1.165, 1.54) is 0 Å². The average molecular weight is 276 g/mol. The smallest absolute Gasteiger partial charge is 0.216 e. The summed E-state index contributed by atoms with van der Waals surface area (Å²) in [6.07, 6.45) is 5.53. The summed E-state index contributed by atoms with van der Waals surface area (Å²) in [6, 6.07) is 0.107. The molecule has 0 bridgehead atoms. The minimum absolute atomic E-state index is 0.101. The average Bonchev–Trinajstić information content (AvgIpc) is 2.82. The van der Waals surface area contributed by atoms with E-state index in [0.717, 1.165) is 38.5 Å². The highest BCUT2D eigenvalue weighted by Gasteiger charge is 2.34. The first-order chi connectivity index (χ1) is 8.63. The maximum absolute atomic E-state index is 12.4. The van der Waals surface area contributed by atoms with Crippen LogP contribution in [0.5, 0.6) is 0 Å². The number of sulfonamides is 1. The molecule has 2 aliphatic heterocycles. The lowest BCUT2D eigenvalue weighted by molar-refractivity contribution is 0.125. The van der Waals surface area contributed by atoms with E-state index in [-0.39, 0.29) is 17.9 Å². The molecular weight excluding hydrogens is 252 g/mol. The summed E-state index contributed by atoms with van der Waals surface area (Å²) in [7, 11) is -3.19. The number of ether oxygens (including phenoxy) is 1. The molecule has 2 saturated heterocycles. The molecule has 6 heteroatoms. The standard InChI is InChI=1S/C12H24N2O3S/c13-7-6-11-4-1-2-8-14(11)18(15,16)10-12-5-3-9-17-12/h11-12H,1-10,13H2. The molecule has 2 unspecified atom stereocenters. The molecule has 0 spiro atoms. The normalized spacial score (nSPS) is 30.7. The van der Waals surface area contributed by atoms with Crippen LogP contribution in [0.4, 0.5) is 0 Å². The van der Waals surface area contributed by atoms with Crippen molar-refractivity contribution in [3.63, 3.8) is 0 Å². The maximum atomic E-state index is 12.4. The Morgan fingerprint density at radius 1 is 1.22 bits per heavy atom. The van der Waals surface area contributed by atoms with Gasteiger partial charge in [-0.25, -0.2) is 8.42 Å². The number of rotatable bonds is 5. The molecule has 2 rings (SSSR count). The molecule has 0 aliphatic carbocycles. The van der Waals surface area contributed by atoms with E-state index in [2.05, 4.69) is 0 Å². The fraction of sp³-hybridized carbons (Fsp3) is 1.00. The first-order valence-corrected chi connectivity index (χ1v) is 8.55. The van der Waals surface area contributed by atoms with Gasteiger partial charge in [0, 0.05) is 19.2 Å². The van der Waals surface area contributed by atoms with Crippen LogP contribution in [0.1, 0.15) is 38.5 Å². The van der Waals surface area contributed by atoms with Gasteiger partial charge in [0.15, 0.2) is 0 Å². The zero-order valence-corrected chi connectivity index (χ0v) is 11.7. The molecule has 2 aliphatic rings. The Morgan fingerprint density at radius 3 is 2.72 bits per heavy atom. The molecule has 0 aromatic rings. The minimum Gasteiger partial charge on any atom is -0.377 e. The summed E-state index contributed by atoms with van der Waals surface area (Å²) < 4.78 is 32.0. The van der Waals surface area contributed by atoms with E-state index < -0.39 is 10.0 Å². The second kappa shape index (κ2) is 6.32. The highest BCUT2D eigenvalue weighted by atomic mass is 32.2. The summed E-state index contributed by atoms with van der Waals surface area (Å²) in [5.41, 5.74) is 5.58. The van der Waals surface area contributed by atoms with E-state index in [0.29, 0.717) is 19.7 Å². The number of hydrogen-bond donors (Lipinski definition) is 1. The SMILES string of the molecule is NCCC1CCCCN1S(=O)(=O)CC1CCCO1. The molecule has 2 atom stereocenters. The lowest BCUT2D eigenvalue weighted by Crippen LogP contribution is -2.47. The summed E-state index contributed by atoms with van der Waals surface area (Å²) in [4.78, 5) is 0. The summed E-state index contributed by atoms with van der Waals surface area (Å²) in [6.45, 7) is 1.91. The van der Waals surface area contributed by atoms with Gasteiger partial charge in [0.25, 0.3) is 0 Å². The fourth-order valence-corrected chi connectivity index (χ4v) is 4.92. The van der Waals surface area contributed by atoms with Gasteiger partial charge in [-0.3, -0.25) is 0 Å². The van der Waals surface area contributed by atoms with Gasteiger partial charge in [0.2, 0.25) is 10.0 Å². The summed E-state index contributed by atoms with van der Waals surface area (Å²) in [5.74, 6) is 0.147. The van der Waals surface area contributed by atoms with E-state index >= 15 is 0 Å². The van der Waals surface area contributed by atoms with Crippen LogP contribution in [-0.2, 0) is 14.8 Å². The van der Waals surface area contributed by atoms with Gasteiger partial charge in [0.05, 0.1) is 11.9 Å². The molecule has 5 nitrogen and oxygen atoms in total.